The lowest BCUT2D eigenvalue weighted by Gasteiger charge is -2.22. The summed E-state index contributed by atoms with van der Waals surface area (Å²) < 4.78 is 44.1. The maximum absolute atomic E-state index is 13.4. The number of benzene rings is 3. The molecule has 0 bridgehead atoms. The van der Waals surface area contributed by atoms with Crippen molar-refractivity contribution in [2.24, 2.45) is 0 Å². The first-order valence-corrected chi connectivity index (χ1v) is 9.69. The third-order valence-corrected chi connectivity index (χ3v) is 6.75. The summed E-state index contributed by atoms with van der Waals surface area (Å²) in [5, 5.41) is 2.21. The maximum atomic E-state index is 13.4. The van der Waals surface area contributed by atoms with Crippen LogP contribution in [-0.2, 0) is 6.18 Å². The lowest BCUT2D eigenvalue weighted by molar-refractivity contribution is -0.137. The number of aryl methyl sites for hydroxylation is 1. The molecule has 0 aliphatic rings. The molecule has 1 aromatic heterocycles. The third kappa shape index (κ3) is 2.85. The van der Waals surface area contributed by atoms with Gasteiger partial charge in [0, 0.05) is 15.5 Å². The predicted octanol–water partition coefficient (Wildman–Crippen LogP) is 7.87. The molecule has 132 valence electrons. The second-order valence-electron chi connectivity index (χ2n) is 6.00. The van der Waals surface area contributed by atoms with E-state index >= 15 is 0 Å². The van der Waals surface area contributed by atoms with Gasteiger partial charge in [0.25, 0.3) is 0 Å². The Morgan fingerprint density at radius 1 is 0.808 bits per heavy atom. The molecule has 1 nitrogen and oxygen atoms in total. The molecule has 0 saturated heterocycles. The molecule has 0 saturated carbocycles. The number of halogens is 4. The van der Waals surface area contributed by atoms with Gasteiger partial charge in [-0.3, -0.25) is 3.11 Å². The van der Waals surface area contributed by atoms with E-state index in [4.69, 9.17) is 0 Å². The summed E-state index contributed by atoms with van der Waals surface area (Å²) in [5.74, 6) is 0. The first-order valence-electron chi connectivity index (χ1n) is 7.91. The predicted molar refractivity (Wildman–Crippen MR) is 112 cm³/mol. The van der Waals surface area contributed by atoms with Crippen LogP contribution in [-0.4, -0.2) is 0 Å². The van der Waals surface area contributed by atoms with Gasteiger partial charge in [-0.15, -0.1) is 11.3 Å². The van der Waals surface area contributed by atoms with Gasteiger partial charge < -0.3 is 0 Å². The van der Waals surface area contributed by atoms with E-state index in [0.29, 0.717) is 0 Å². The number of thiophene rings is 1. The quantitative estimate of drug-likeness (QED) is 0.207. The summed E-state index contributed by atoms with van der Waals surface area (Å²) in [5.41, 5.74) is 1.44. The van der Waals surface area contributed by atoms with Gasteiger partial charge in [0.1, 0.15) is 0 Å². The van der Waals surface area contributed by atoms with Gasteiger partial charge in [0.15, 0.2) is 0 Å². The molecule has 4 rings (SSSR count). The molecular formula is C20H13F3INS. The van der Waals surface area contributed by atoms with Crippen molar-refractivity contribution in [2.75, 3.05) is 3.11 Å². The summed E-state index contributed by atoms with van der Waals surface area (Å²) in [4.78, 5) is 0. The Balaban J connectivity index is 1.96. The molecule has 1 heterocycles. The van der Waals surface area contributed by atoms with Gasteiger partial charge in [-0.25, -0.2) is 0 Å². The number of fused-ring (bicyclic) bond motifs is 3. The zero-order valence-electron chi connectivity index (χ0n) is 13.6. The molecule has 0 aliphatic heterocycles. The summed E-state index contributed by atoms with van der Waals surface area (Å²) in [6.45, 7) is 2.05. The molecule has 3 aromatic carbocycles. The molecule has 0 aliphatic carbocycles. The van der Waals surface area contributed by atoms with E-state index in [-0.39, 0.29) is 5.69 Å². The first-order chi connectivity index (χ1) is 12.4. The van der Waals surface area contributed by atoms with Gasteiger partial charge >= 0.3 is 6.18 Å². The van der Waals surface area contributed by atoms with E-state index in [1.54, 1.807) is 20.5 Å². The molecule has 0 amide bonds. The van der Waals surface area contributed by atoms with E-state index in [0.717, 1.165) is 27.2 Å². The highest BCUT2D eigenvalue weighted by Gasteiger charge is 2.34. The van der Waals surface area contributed by atoms with Crippen LogP contribution in [0.2, 0.25) is 0 Å². The van der Waals surface area contributed by atoms with E-state index in [2.05, 4.69) is 19.1 Å². The summed E-state index contributed by atoms with van der Waals surface area (Å²) >= 11 is 3.58. The van der Waals surface area contributed by atoms with Crippen molar-refractivity contribution in [1.82, 2.24) is 0 Å². The Kier molecular flexibility index (Phi) is 4.35. The minimum absolute atomic E-state index is 0.141. The zero-order chi connectivity index (χ0) is 18.5. The minimum Gasteiger partial charge on any atom is -0.281 e. The zero-order valence-corrected chi connectivity index (χ0v) is 16.6. The third-order valence-electron chi connectivity index (χ3n) is 4.33. The fraction of sp³-hybridized carbons (Fsp3) is 0.100. The Bertz CT molecular complexity index is 1120. The molecule has 0 unspecified atom stereocenters. The molecule has 4 aromatic rings. The lowest BCUT2D eigenvalue weighted by Crippen LogP contribution is -2.12. The maximum Gasteiger partial charge on any atom is 0.418 e. The van der Waals surface area contributed by atoms with Crippen molar-refractivity contribution in [3.05, 3.63) is 71.8 Å². The average Bonchev–Trinajstić information content (AvgIpc) is 3.01. The Labute approximate surface area is 166 Å². The van der Waals surface area contributed by atoms with Crippen molar-refractivity contribution in [1.29, 1.82) is 0 Å². The largest absolute Gasteiger partial charge is 0.418 e. The molecule has 6 heteroatoms. The van der Waals surface area contributed by atoms with Crippen LogP contribution in [0.25, 0.3) is 20.2 Å². The summed E-state index contributed by atoms with van der Waals surface area (Å²) in [7, 11) is 0. The van der Waals surface area contributed by atoms with Crippen LogP contribution in [0.3, 0.4) is 0 Å². The van der Waals surface area contributed by atoms with E-state index < -0.39 is 11.7 Å². The van der Waals surface area contributed by atoms with Crippen molar-refractivity contribution in [3.63, 3.8) is 0 Å². The van der Waals surface area contributed by atoms with E-state index in [9.17, 15) is 13.2 Å². The number of alkyl halides is 3. The monoisotopic (exact) mass is 483 g/mol. The standard InChI is InChI=1S/C20H13F3INS/c1-12-6-4-7-13-14-8-5-11-17(19(14)26-18(12)13)25(24)16-10-3-2-9-15(16)20(21,22)23/h2-11H,1H3. The highest BCUT2D eigenvalue weighted by Crippen LogP contribution is 2.46. The van der Waals surface area contributed by atoms with Crippen LogP contribution in [0.15, 0.2) is 60.7 Å². The summed E-state index contributed by atoms with van der Waals surface area (Å²) in [6.07, 6.45) is -4.40. The number of rotatable bonds is 2. The highest BCUT2D eigenvalue weighted by atomic mass is 127. The Morgan fingerprint density at radius 3 is 2.15 bits per heavy atom. The van der Waals surface area contributed by atoms with Crippen LogP contribution in [0, 0.1) is 6.92 Å². The fourth-order valence-electron chi connectivity index (χ4n) is 3.12. The van der Waals surface area contributed by atoms with Gasteiger partial charge in [-0.1, -0.05) is 42.5 Å². The second kappa shape index (κ2) is 6.42. The number of anilines is 2. The van der Waals surface area contributed by atoms with Crippen LogP contribution in [0.4, 0.5) is 24.5 Å². The van der Waals surface area contributed by atoms with Crippen LogP contribution in [0.1, 0.15) is 11.1 Å². The number of nitrogens with zero attached hydrogens (tertiary/aromatic N) is 1. The fourth-order valence-corrected chi connectivity index (χ4v) is 5.37. The number of hydrogen-bond donors (Lipinski definition) is 0. The Hall–Kier alpha value is -1.80. The highest BCUT2D eigenvalue weighted by molar-refractivity contribution is 14.1. The second-order valence-corrected chi connectivity index (χ2v) is 7.99. The smallest absolute Gasteiger partial charge is 0.281 e. The van der Waals surface area contributed by atoms with Gasteiger partial charge in [-0.05, 0) is 30.7 Å². The van der Waals surface area contributed by atoms with Crippen molar-refractivity contribution in [2.45, 2.75) is 13.1 Å². The summed E-state index contributed by atoms with van der Waals surface area (Å²) in [6, 6.07) is 17.6. The Morgan fingerprint density at radius 2 is 1.42 bits per heavy atom. The lowest BCUT2D eigenvalue weighted by atomic mass is 10.1. The van der Waals surface area contributed by atoms with Crippen molar-refractivity contribution < 1.29 is 13.2 Å². The minimum atomic E-state index is -4.40. The topological polar surface area (TPSA) is 3.24 Å². The van der Waals surface area contributed by atoms with Gasteiger partial charge in [-0.2, -0.15) is 13.2 Å². The van der Waals surface area contributed by atoms with Gasteiger partial charge in [0.2, 0.25) is 0 Å². The van der Waals surface area contributed by atoms with E-state index in [1.807, 2.05) is 47.1 Å². The van der Waals surface area contributed by atoms with E-state index in [1.165, 1.54) is 22.4 Å². The van der Waals surface area contributed by atoms with Crippen molar-refractivity contribution >= 4 is 65.7 Å². The van der Waals surface area contributed by atoms with Crippen LogP contribution < -0.4 is 3.11 Å². The average molecular weight is 483 g/mol. The van der Waals surface area contributed by atoms with Crippen molar-refractivity contribution in [3.8, 4) is 0 Å². The molecule has 0 atom stereocenters. The first kappa shape index (κ1) is 17.6. The molecule has 0 radical (unpaired) electrons. The van der Waals surface area contributed by atoms with Crippen LogP contribution in [0.5, 0.6) is 0 Å². The van der Waals surface area contributed by atoms with Crippen LogP contribution >= 0.6 is 34.2 Å². The van der Waals surface area contributed by atoms with Gasteiger partial charge in [0.05, 0.1) is 44.5 Å². The molecule has 26 heavy (non-hydrogen) atoms. The normalized spacial score (nSPS) is 12.0. The number of hydrogen-bond acceptors (Lipinski definition) is 2. The molecular weight excluding hydrogens is 470 g/mol. The number of para-hydroxylation sites is 1. The molecule has 0 spiro atoms. The molecule has 0 fully saturated rings. The molecule has 0 N–H and O–H groups in total. The SMILES string of the molecule is Cc1cccc2c1sc1c(N(I)c3ccccc3C(F)(F)F)cccc12.